The largest absolute Gasteiger partial charge is 0.493 e. The van der Waals surface area contributed by atoms with Crippen LogP contribution >= 0.6 is 12.6 Å². The second-order valence-electron chi connectivity index (χ2n) is 2.85. The third-order valence-corrected chi connectivity index (χ3v) is 2.17. The Balaban J connectivity index is 2.61. The van der Waals surface area contributed by atoms with E-state index >= 15 is 0 Å². The lowest BCUT2D eigenvalue weighted by Crippen LogP contribution is -2.02. The van der Waals surface area contributed by atoms with Crippen LogP contribution in [0.2, 0.25) is 0 Å². The summed E-state index contributed by atoms with van der Waals surface area (Å²) >= 11 is 4.10. The van der Waals surface area contributed by atoms with Crippen LogP contribution in [-0.4, -0.2) is 19.5 Å². The molecule has 14 heavy (non-hydrogen) atoms. The summed E-state index contributed by atoms with van der Waals surface area (Å²) in [6, 6.07) is 7.53. The summed E-state index contributed by atoms with van der Waals surface area (Å²) in [5.41, 5.74) is 0.944. The zero-order valence-corrected chi connectivity index (χ0v) is 9.09. The van der Waals surface area contributed by atoms with E-state index in [1.165, 1.54) is 0 Å². The Labute approximate surface area is 89.9 Å². The molecule has 3 heteroatoms. The van der Waals surface area contributed by atoms with Crippen molar-refractivity contribution in [3.63, 3.8) is 0 Å². The average Bonchev–Trinajstić information content (AvgIpc) is 2.26. The van der Waals surface area contributed by atoms with E-state index in [4.69, 9.17) is 9.47 Å². The first-order chi connectivity index (χ1) is 6.77. The molecular weight excluding hydrogens is 196 g/mol. The lowest BCUT2D eigenvalue weighted by atomic mass is 10.3. The molecule has 1 aromatic rings. The van der Waals surface area contributed by atoms with Gasteiger partial charge in [0.15, 0.2) is 11.5 Å². The van der Waals surface area contributed by atoms with Gasteiger partial charge in [0.2, 0.25) is 0 Å². The normalized spacial score (nSPS) is 9.57. The molecule has 2 nitrogen and oxygen atoms in total. The van der Waals surface area contributed by atoms with Crippen LogP contribution in [0.25, 0.3) is 0 Å². The predicted molar refractivity (Wildman–Crippen MR) is 61.5 cm³/mol. The van der Waals surface area contributed by atoms with Gasteiger partial charge in [-0.3, -0.25) is 0 Å². The first kappa shape index (κ1) is 11.0. The van der Waals surface area contributed by atoms with Gasteiger partial charge in [0, 0.05) is 5.75 Å². The highest BCUT2D eigenvalue weighted by atomic mass is 32.1. The van der Waals surface area contributed by atoms with Crippen LogP contribution in [-0.2, 0) is 0 Å². The molecule has 0 saturated carbocycles. The smallest absolute Gasteiger partial charge is 0.161 e. The standard InChI is InChI=1S/C11H14O2S/c1-9(8-14)7-13-11-6-4-3-5-10(11)12-2/h3-6,14H,1,7-8H2,2H3. The molecule has 0 N–H and O–H groups in total. The van der Waals surface area contributed by atoms with Crippen LogP contribution in [0.3, 0.4) is 0 Å². The molecule has 0 radical (unpaired) electrons. The highest BCUT2D eigenvalue weighted by molar-refractivity contribution is 7.80. The Morgan fingerprint density at radius 1 is 1.36 bits per heavy atom. The van der Waals surface area contributed by atoms with Crippen molar-refractivity contribution >= 4 is 12.6 Å². The maximum Gasteiger partial charge on any atom is 0.161 e. The van der Waals surface area contributed by atoms with Crippen molar-refractivity contribution < 1.29 is 9.47 Å². The van der Waals surface area contributed by atoms with Gasteiger partial charge in [-0.2, -0.15) is 12.6 Å². The Morgan fingerprint density at radius 3 is 2.57 bits per heavy atom. The molecule has 0 unspecified atom stereocenters. The number of methoxy groups -OCH3 is 1. The van der Waals surface area contributed by atoms with E-state index < -0.39 is 0 Å². The molecule has 0 aromatic heterocycles. The Hall–Kier alpha value is -1.09. The summed E-state index contributed by atoms with van der Waals surface area (Å²) in [5.74, 6) is 2.10. The van der Waals surface area contributed by atoms with E-state index in [0.29, 0.717) is 12.4 Å². The minimum atomic E-state index is 0.476. The van der Waals surface area contributed by atoms with Crippen LogP contribution in [0.15, 0.2) is 36.4 Å². The summed E-state index contributed by atoms with van der Waals surface area (Å²) in [4.78, 5) is 0. The summed E-state index contributed by atoms with van der Waals surface area (Å²) < 4.78 is 10.6. The molecule has 76 valence electrons. The maximum absolute atomic E-state index is 5.51. The highest BCUT2D eigenvalue weighted by Gasteiger charge is 2.02. The van der Waals surface area contributed by atoms with Gasteiger partial charge in [-0.05, 0) is 17.7 Å². The van der Waals surface area contributed by atoms with Crippen molar-refractivity contribution in [3.05, 3.63) is 36.4 Å². The van der Waals surface area contributed by atoms with Gasteiger partial charge >= 0.3 is 0 Å². The Kier molecular flexibility index (Phi) is 4.40. The molecule has 0 amide bonds. The van der Waals surface area contributed by atoms with Gasteiger partial charge in [-0.1, -0.05) is 18.7 Å². The number of thiol groups is 1. The number of ether oxygens (including phenoxy) is 2. The average molecular weight is 210 g/mol. The fourth-order valence-electron chi connectivity index (χ4n) is 0.964. The molecule has 0 aliphatic heterocycles. The van der Waals surface area contributed by atoms with Crippen LogP contribution in [0.5, 0.6) is 11.5 Å². The maximum atomic E-state index is 5.51. The quantitative estimate of drug-likeness (QED) is 0.595. The van der Waals surface area contributed by atoms with Crippen LogP contribution in [0, 0.1) is 0 Å². The Morgan fingerprint density at radius 2 is 2.00 bits per heavy atom. The zero-order valence-electron chi connectivity index (χ0n) is 8.19. The first-order valence-electron chi connectivity index (χ1n) is 4.31. The van der Waals surface area contributed by atoms with Crippen LogP contribution in [0.4, 0.5) is 0 Å². The van der Waals surface area contributed by atoms with E-state index in [-0.39, 0.29) is 0 Å². The van der Waals surface area contributed by atoms with Gasteiger partial charge in [0.1, 0.15) is 6.61 Å². The molecular formula is C11H14O2S. The second kappa shape index (κ2) is 5.60. The molecule has 0 spiro atoms. The van der Waals surface area contributed by atoms with Crippen molar-refractivity contribution in [1.29, 1.82) is 0 Å². The summed E-state index contributed by atoms with van der Waals surface area (Å²) in [7, 11) is 1.62. The molecule has 0 atom stereocenters. The lowest BCUT2D eigenvalue weighted by molar-refractivity contribution is 0.320. The summed E-state index contributed by atoms with van der Waals surface area (Å²) in [6.07, 6.45) is 0. The van der Waals surface area contributed by atoms with Crippen molar-refractivity contribution in [3.8, 4) is 11.5 Å². The van der Waals surface area contributed by atoms with E-state index in [1.54, 1.807) is 7.11 Å². The first-order valence-corrected chi connectivity index (χ1v) is 4.94. The number of para-hydroxylation sites is 2. The van der Waals surface area contributed by atoms with Crippen molar-refractivity contribution in [1.82, 2.24) is 0 Å². The Bertz CT molecular complexity index is 310. The summed E-state index contributed by atoms with van der Waals surface area (Å²) in [6.45, 7) is 4.28. The third-order valence-electron chi connectivity index (χ3n) is 1.72. The molecule has 0 aliphatic rings. The van der Waals surface area contributed by atoms with Crippen LogP contribution < -0.4 is 9.47 Å². The molecule has 0 aliphatic carbocycles. The minimum Gasteiger partial charge on any atom is -0.493 e. The second-order valence-corrected chi connectivity index (χ2v) is 3.16. The lowest BCUT2D eigenvalue weighted by Gasteiger charge is -2.10. The minimum absolute atomic E-state index is 0.476. The molecule has 1 aromatic carbocycles. The van der Waals surface area contributed by atoms with E-state index in [0.717, 1.165) is 17.1 Å². The monoisotopic (exact) mass is 210 g/mol. The van der Waals surface area contributed by atoms with E-state index in [9.17, 15) is 0 Å². The van der Waals surface area contributed by atoms with Crippen molar-refractivity contribution in [2.45, 2.75) is 0 Å². The molecule has 1 rings (SSSR count). The van der Waals surface area contributed by atoms with Gasteiger partial charge < -0.3 is 9.47 Å². The van der Waals surface area contributed by atoms with Gasteiger partial charge in [-0.15, -0.1) is 0 Å². The molecule has 0 fully saturated rings. The van der Waals surface area contributed by atoms with Gasteiger partial charge in [0.05, 0.1) is 7.11 Å². The van der Waals surface area contributed by atoms with Gasteiger partial charge in [-0.25, -0.2) is 0 Å². The highest BCUT2D eigenvalue weighted by Crippen LogP contribution is 2.25. The molecule has 0 heterocycles. The van der Waals surface area contributed by atoms with Crippen LogP contribution in [0.1, 0.15) is 0 Å². The summed E-state index contributed by atoms with van der Waals surface area (Å²) in [5, 5.41) is 0. The predicted octanol–water partition coefficient (Wildman–Crippen LogP) is 2.56. The third kappa shape index (κ3) is 3.00. The molecule has 0 bridgehead atoms. The fraction of sp³-hybridized carbons (Fsp3) is 0.273. The number of hydrogen-bond acceptors (Lipinski definition) is 3. The zero-order chi connectivity index (χ0) is 10.4. The SMILES string of the molecule is C=C(CS)COc1ccccc1OC. The van der Waals surface area contributed by atoms with Crippen molar-refractivity contribution in [2.75, 3.05) is 19.5 Å². The number of rotatable bonds is 5. The fourth-order valence-corrected chi connectivity index (χ4v) is 1.05. The molecule has 0 saturated heterocycles. The van der Waals surface area contributed by atoms with E-state index in [2.05, 4.69) is 19.2 Å². The van der Waals surface area contributed by atoms with Crippen molar-refractivity contribution in [2.24, 2.45) is 0 Å². The number of hydrogen-bond donors (Lipinski definition) is 1. The topological polar surface area (TPSA) is 18.5 Å². The van der Waals surface area contributed by atoms with E-state index in [1.807, 2.05) is 24.3 Å². The number of benzene rings is 1. The van der Waals surface area contributed by atoms with Gasteiger partial charge in [0.25, 0.3) is 0 Å².